The van der Waals surface area contributed by atoms with E-state index in [-0.39, 0.29) is 0 Å². The van der Waals surface area contributed by atoms with E-state index in [0.29, 0.717) is 0 Å². The Balaban J connectivity index is 1.66. The van der Waals surface area contributed by atoms with Crippen molar-refractivity contribution in [3.8, 4) is 16.2 Å². The Bertz CT molecular complexity index is 722. The normalized spacial score (nSPS) is 10.6. The lowest BCUT2D eigenvalue weighted by Crippen LogP contribution is -1.97. The topological polar surface area (TPSA) is 21.3 Å². The molecular weight excluding hydrogens is 366 g/mol. The second-order valence-electron chi connectivity index (χ2n) is 4.48. The highest BCUT2D eigenvalue weighted by Crippen LogP contribution is 2.31. The van der Waals surface area contributed by atoms with E-state index in [9.17, 15) is 0 Å². The van der Waals surface area contributed by atoms with Crippen molar-refractivity contribution in [3.63, 3.8) is 0 Å². The molecule has 2 heterocycles. The van der Waals surface area contributed by atoms with Crippen LogP contribution in [-0.4, -0.2) is 7.11 Å². The second kappa shape index (κ2) is 6.64. The fourth-order valence-electron chi connectivity index (χ4n) is 2.01. The Morgan fingerprint density at radius 3 is 2.81 bits per heavy atom. The Morgan fingerprint density at radius 1 is 1.19 bits per heavy atom. The minimum absolute atomic E-state index is 0.828. The molecule has 1 aromatic carbocycles. The summed E-state index contributed by atoms with van der Waals surface area (Å²) in [6, 6.07) is 12.5. The van der Waals surface area contributed by atoms with Crippen molar-refractivity contribution in [2.24, 2.45) is 0 Å². The van der Waals surface area contributed by atoms with E-state index in [1.807, 2.05) is 18.2 Å². The molecule has 2 aromatic heterocycles. The molecule has 0 unspecified atom stereocenters. The van der Waals surface area contributed by atoms with Gasteiger partial charge in [-0.05, 0) is 57.0 Å². The van der Waals surface area contributed by atoms with Gasteiger partial charge in [-0.1, -0.05) is 6.07 Å². The summed E-state index contributed by atoms with van der Waals surface area (Å²) >= 11 is 7.07. The van der Waals surface area contributed by atoms with Crippen LogP contribution in [0.5, 0.6) is 5.75 Å². The molecule has 0 aliphatic heterocycles. The van der Waals surface area contributed by atoms with E-state index in [4.69, 9.17) is 4.74 Å². The first-order valence-corrected chi connectivity index (χ1v) is 9.00. The van der Waals surface area contributed by atoms with Crippen molar-refractivity contribution >= 4 is 44.3 Å². The van der Waals surface area contributed by atoms with Gasteiger partial charge in [0.2, 0.25) is 0 Å². The maximum Gasteiger partial charge on any atom is 0.133 e. The molecule has 0 saturated carbocycles. The minimum Gasteiger partial charge on any atom is -0.496 e. The third kappa shape index (κ3) is 3.48. The van der Waals surface area contributed by atoms with Crippen molar-refractivity contribution in [1.29, 1.82) is 0 Å². The maximum absolute atomic E-state index is 5.24. The van der Waals surface area contributed by atoms with Crippen molar-refractivity contribution < 1.29 is 4.74 Å². The third-order valence-corrected chi connectivity index (χ3v) is 5.55. The smallest absolute Gasteiger partial charge is 0.133 e. The zero-order valence-corrected chi connectivity index (χ0v) is 14.6. The zero-order chi connectivity index (χ0) is 14.7. The molecule has 108 valence electrons. The number of benzene rings is 1. The number of halogens is 1. The van der Waals surface area contributed by atoms with E-state index < -0.39 is 0 Å². The van der Waals surface area contributed by atoms with Crippen molar-refractivity contribution in [3.05, 3.63) is 56.5 Å². The SMILES string of the molecule is COc1ccc(NCc2cc(-c3cccs3)cs2)cc1Br. The largest absolute Gasteiger partial charge is 0.496 e. The Labute approximate surface area is 140 Å². The van der Waals surface area contributed by atoms with Crippen LogP contribution in [0.25, 0.3) is 10.4 Å². The van der Waals surface area contributed by atoms with Crippen LogP contribution in [0.4, 0.5) is 5.69 Å². The average Bonchev–Trinajstić information content (AvgIpc) is 3.16. The molecule has 5 heteroatoms. The number of anilines is 1. The Morgan fingerprint density at radius 2 is 2.10 bits per heavy atom. The van der Waals surface area contributed by atoms with Crippen molar-refractivity contribution in [1.82, 2.24) is 0 Å². The first kappa shape index (κ1) is 14.6. The quantitative estimate of drug-likeness (QED) is 0.599. The first-order valence-electron chi connectivity index (χ1n) is 6.45. The number of nitrogens with one attached hydrogen (secondary N) is 1. The lowest BCUT2D eigenvalue weighted by Gasteiger charge is -2.08. The van der Waals surface area contributed by atoms with Crippen LogP contribution in [0, 0.1) is 0 Å². The number of ether oxygens (including phenoxy) is 1. The van der Waals surface area contributed by atoms with Crippen LogP contribution in [0.15, 0.2) is 51.6 Å². The monoisotopic (exact) mass is 379 g/mol. The summed E-state index contributed by atoms with van der Waals surface area (Å²) < 4.78 is 6.19. The van der Waals surface area contributed by atoms with Gasteiger partial charge in [0.1, 0.15) is 5.75 Å². The fourth-order valence-corrected chi connectivity index (χ4v) is 4.16. The lowest BCUT2D eigenvalue weighted by atomic mass is 10.2. The van der Waals surface area contributed by atoms with Crippen LogP contribution in [0.2, 0.25) is 0 Å². The van der Waals surface area contributed by atoms with E-state index in [2.05, 4.69) is 50.2 Å². The minimum atomic E-state index is 0.828. The van der Waals surface area contributed by atoms with Gasteiger partial charge in [0, 0.05) is 27.5 Å². The van der Waals surface area contributed by atoms with E-state index in [0.717, 1.165) is 22.5 Å². The van der Waals surface area contributed by atoms with Crippen LogP contribution >= 0.6 is 38.6 Å². The van der Waals surface area contributed by atoms with Gasteiger partial charge in [0.25, 0.3) is 0 Å². The van der Waals surface area contributed by atoms with Gasteiger partial charge in [-0.2, -0.15) is 0 Å². The molecule has 3 rings (SSSR count). The Hall–Kier alpha value is -1.30. The van der Waals surface area contributed by atoms with Crippen LogP contribution < -0.4 is 10.1 Å². The molecule has 0 aliphatic carbocycles. The van der Waals surface area contributed by atoms with E-state index in [1.54, 1.807) is 29.8 Å². The summed E-state index contributed by atoms with van der Waals surface area (Å²) in [4.78, 5) is 2.65. The van der Waals surface area contributed by atoms with E-state index >= 15 is 0 Å². The standard InChI is InChI=1S/C16H14BrNOS2/c1-19-15-5-4-12(8-14(15)17)18-9-13-7-11(10-21-13)16-3-2-6-20-16/h2-8,10,18H,9H2,1H3. The molecule has 3 aromatic rings. The molecule has 1 N–H and O–H groups in total. The average molecular weight is 380 g/mol. The summed E-state index contributed by atoms with van der Waals surface area (Å²) in [5.74, 6) is 0.844. The summed E-state index contributed by atoms with van der Waals surface area (Å²) in [7, 11) is 1.67. The van der Waals surface area contributed by atoms with Gasteiger partial charge in [-0.25, -0.2) is 0 Å². The molecule has 0 radical (unpaired) electrons. The molecule has 0 bridgehead atoms. The predicted octanol–water partition coefficient (Wildman–Crippen LogP) is 5.86. The third-order valence-electron chi connectivity index (χ3n) is 3.08. The van der Waals surface area contributed by atoms with Gasteiger partial charge < -0.3 is 10.1 Å². The lowest BCUT2D eigenvalue weighted by molar-refractivity contribution is 0.412. The number of rotatable bonds is 5. The molecule has 0 aliphatic rings. The predicted molar refractivity (Wildman–Crippen MR) is 95.7 cm³/mol. The fraction of sp³-hybridized carbons (Fsp3) is 0.125. The summed E-state index contributed by atoms with van der Waals surface area (Å²) in [5.41, 5.74) is 2.39. The van der Waals surface area contributed by atoms with E-state index in [1.165, 1.54) is 15.3 Å². The highest BCUT2D eigenvalue weighted by atomic mass is 79.9. The zero-order valence-electron chi connectivity index (χ0n) is 11.4. The molecule has 0 amide bonds. The van der Waals surface area contributed by atoms with Crippen molar-refractivity contribution in [2.75, 3.05) is 12.4 Å². The second-order valence-corrected chi connectivity index (χ2v) is 7.28. The molecule has 0 fully saturated rings. The number of hydrogen-bond donors (Lipinski definition) is 1. The van der Waals surface area contributed by atoms with Crippen LogP contribution in [0.1, 0.15) is 4.88 Å². The number of hydrogen-bond acceptors (Lipinski definition) is 4. The van der Waals surface area contributed by atoms with Crippen LogP contribution in [0.3, 0.4) is 0 Å². The van der Waals surface area contributed by atoms with Gasteiger partial charge in [-0.3, -0.25) is 0 Å². The maximum atomic E-state index is 5.24. The first-order chi connectivity index (χ1) is 10.3. The van der Waals surface area contributed by atoms with Gasteiger partial charge in [-0.15, -0.1) is 22.7 Å². The Kier molecular flexibility index (Phi) is 4.63. The molecule has 0 atom stereocenters. The molecular formula is C16H14BrNOS2. The summed E-state index contributed by atoms with van der Waals surface area (Å²) in [5, 5.41) is 7.77. The summed E-state index contributed by atoms with van der Waals surface area (Å²) in [6.07, 6.45) is 0. The van der Waals surface area contributed by atoms with Gasteiger partial charge in [0.05, 0.1) is 11.6 Å². The molecule has 2 nitrogen and oxygen atoms in total. The molecule has 0 saturated heterocycles. The van der Waals surface area contributed by atoms with Crippen molar-refractivity contribution in [2.45, 2.75) is 6.54 Å². The van der Waals surface area contributed by atoms with Gasteiger partial charge in [0.15, 0.2) is 0 Å². The van der Waals surface area contributed by atoms with Gasteiger partial charge >= 0.3 is 0 Å². The summed E-state index contributed by atoms with van der Waals surface area (Å²) in [6.45, 7) is 0.828. The number of thiophene rings is 2. The number of methoxy groups -OCH3 is 1. The molecule has 21 heavy (non-hydrogen) atoms. The molecule has 0 spiro atoms. The highest BCUT2D eigenvalue weighted by molar-refractivity contribution is 9.10. The highest BCUT2D eigenvalue weighted by Gasteiger charge is 2.05. The van der Waals surface area contributed by atoms with Crippen LogP contribution in [-0.2, 0) is 6.54 Å².